The molecule has 1 fully saturated rings. The van der Waals surface area contributed by atoms with Gasteiger partial charge in [-0.1, -0.05) is 97.4 Å². The predicted octanol–water partition coefficient (Wildman–Crippen LogP) is 4.53. The Labute approximate surface area is 472 Å². The average Bonchev–Trinajstić information content (AvgIpc) is 3.90. The molecule has 2 aromatic carbocycles. The third-order valence-electron chi connectivity index (χ3n) is 14.6. The standard InChI is InChI=1S/C58H90N8O14/c1-15-37(7)51(44(77-13)30-47(69)66-28-20-23-43(66)52(78-14)38(8)53(71)62-42(56(74)75)29-39-21-18-17-19-22-39)64(11)48(70)33-60-55(73)50(36(5)6)65(12)57(76)79-34-40-24-26-41(27-25-40)61-46(68)32-59-54(72)49(35(3)4)63-45(67)31-58(9,10)80-16-2/h17-19,21-22,24-27,35-38,42-44,49-52H,15-16,20,23,28-34H2,1-14H3,(H,59,72)(H,60,73)(H,61,68)(H,62,71)(H,63,67)(H,74,75)/t37?,38-,42+,43+,44-,49?,50?,51?,52-/m1/s1. The van der Waals surface area contributed by atoms with Gasteiger partial charge in [-0.05, 0) is 74.6 Å². The van der Waals surface area contributed by atoms with Crippen LogP contribution in [-0.2, 0) is 70.3 Å². The highest BCUT2D eigenvalue weighted by molar-refractivity contribution is 5.96. The van der Waals surface area contributed by atoms with Gasteiger partial charge in [0.1, 0.15) is 24.7 Å². The second-order valence-electron chi connectivity index (χ2n) is 21.9. The lowest BCUT2D eigenvalue weighted by molar-refractivity contribution is -0.147. The lowest BCUT2D eigenvalue weighted by atomic mass is 9.90. The zero-order chi connectivity index (χ0) is 60.0. The summed E-state index contributed by atoms with van der Waals surface area (Å²) in [5.74, 6) is -6.00. The molecule has 1 heterocycles. The van der Waals surface area contributed by atoms with Crippen molar-refractivity contribution in [1.29, 1.82) is 0 Å². The van der Waals surface area contributed by atoms with Crippen LogP contribution >= 0.6 is 0 Å². The summed E-state index contributed by atoms with van der Waals surface area (Å²) in [5, 5.41) is 23.3. The lowest BCUT2D eigenvalue weighted by Gasteiger charge is -2.39. The Morgan fingerprint density at radius 1 is 0.762 bits per heavy atom. The van der Waals surface area contributed by atoms with Gasteiger partial charge in [0.05, 0.1) is 61.7 Å². The molecule has 0 bridgehead atoms. The van der Waals surface area contributed by atoms with Gasteiger partial charge in [-0.2, -0.15) is 0 Å². The van der Waals surface area contributed by atoms with Crippen LogP contribution in [0.5, 0.6) is 0 Å². The number of methoxy groups -OCH3 is 2. The highest BCUT2D eigenvalue weighted by Gasteiger charge is 2.43. The first-order valence-electron chi connectivity index (χ1n) is 27.6. The van der Waals surface area contributed by atoms with Crippen molar-refractivity contribution in [2.45, 2.75) is 162 Å². The molecule has 1 saturated heterocycles. The molecule has 2 aromatic rings. The van der Waals surface area contributed by atoms with E-state index in [1.54, 1.807) is 109 Å². The maximum absolute atomic E-state index is 14.3. The number of nitrogens with zero attached hydrogens (tertiary/aromatic N) is 3. The first-order chi connectivity index (χ1) is 37.7. The number of carboxylic acid groups (broad SMARTS) is 1. The van der Waals surface area contributed by atoms with Gasteiger partial charge in [-0.15, -0.1) is 0 Å². The molecule has 446 valence electrons. The molecule has 4 unspecified atom stereocenters. The van der Waals surface area contributed by atoms with E-state index in [1.807, 2.05) is 26.8 Å². The SMILES string of the molecule is CCOC(C)(C)CC(=O)NC(C(=O)NCC(=O)Nc1ccc(COC(=O)N(C)C(C(=O)NCC(=O)N(C)C(C(C)CC)[C@@H](CC(=O)N2CCC[C@H]2[C@H](OC)[C@@H](C)C(=O)N[C@@H](Cc2ccccc2)C(=O)O)OC)C(C)C)cc1)C(C)C. The summed E-state index contributed by atoms with van der Waals surface area (Å²) < 4.78 is 23.0. The molecule has 8 amide bonds. The quantitative estimate of drug-likeness (QED) is 0.0588. The third-order valence-corrected chi connectivity index (χ3v) is 14.6. The van der Waals surface area contributed by atoms with Crippen LogP contribution in [0.15, 0.2) is 54.6 Å². The van der Waals surface area contributed by atoms with E-state index in [-0.39, 0.29) is 56.1 Å². The van der Waals surface area contributed by atoms with Crippen molar-refractivity contribution in [3.05, 3.63) is 65.7 Å². The molecule has 6 N–H and O–H groups in total. The van der Waals surface area contributed by atoms with Crippen LogP contribution in [-0.4, -0.2) is 176 Å². The van der Waals surface area contributed by atoms with Gasteiger partial charge < -0.3 is 60.4 Å². The van der Waals surface area contributed by atoms with Crippen LogP contribution in [0.4, 0.5) is 10.5 Å². The number of likely N-dealkylation sites (tertiary alicyclic amines) is 1. The Bertz CT molecular complexity index is 2370. The predicted molar refractivity (Wildman–Crippen MR) is 301 cm³/mol. The summed E-state index contributed by atoms with van der Waals surface area (Å²) >= 11 is 0. The Morgan fingerprint density at radius 3 is 1.96 bits per heavy atom. The smallest absolute Gasteiger partial charge is 0.410 e. The molecule has 3 rings (SSSR count). The van der Waals surface area contributed by atoms with Crippen molar-refractivity contribution < 1.29 is 67.2 Å². The average molecular weight is 1120 g/mol. The van der Waals surface area contributed by atoms with Crippen molar-refractivity contribution >= 4 is 59.1 Å². The number of likely N-dealkylation sites (N-methyl/N-ethyl adjacent to an activating group) is 2. The second-order valence-corrected chi connectivity index (χ2v) is 21.9. The molecule has 22 heteroatoms. The molecule has 9 atom stereocenters. The molecule has 0 aliphatic carbocycles. The number of anilines is 1. The van der Waals surface area contributed by atoms with E-state index in [0.29, 0.717) is 43.7 Å². The summed E-state index contributed by atoms with van der Waals surface area (Å²) in [6, 6.07) is 11.3. The minimum absolute atomic E-state index is 0.0537. The zero-order valence-electron chi connectivity index (χ0n) is 49.4. The number of carboxylic acids is 1. The topological polar surface area (TPSA) is 281 Å². The number of rotatable bonds is 32. The Morgan fingerprint density at radius 2 is 1.40 bits per heavy atom. The van der Waals surface area contributed by atoms with Crippen LogP contribution in [0.3, 0.4) is 0 Å². The van der Waals surface area contributed by atoms with Crippen LogP contribution in [0.1, 0.15) is 112 Å². The summed E-state index contributed by atoms with van der Waals surface area (Å²) in [4.78, 5) is 124. The molecular formula is C58H90N8O14. The molecule has 0 spiro atoms. The number of benzene rings is 2. The van der Waals surface area contributed by atoms with Gasteiger partial charge >= 0.3 is 12.1 Å². The zero-order valence-corrected chi connectivity index (χ0v) is 49.4. The summed E-state index contributed by atoms with van der Waals surface area (Å²) in [6.07, 6.45) is -0.467. The van der Waals surface area contributed by atoms with Gasteiger partial charge in [0, 0.05) is 53.6 Å². The maximum Gasteiger partial charge on any atom is 0.410 e. The lowest BCUT2D eigenvalue weighted by Crippen LogP contribution is -2.56. The van der Waals surface area contributed by atoms with Crippen molar-refractivity contribution in [1.82, 2.24) is 36.0 Å². The molecule has 0 aromatic heterocycles. The van der Waals surface area contributed by atoms with Gasteiger partial charge in [-0.3, -0.25) is 38.5 Å². The first kappa shape index (κ1) is 67.6. The van der Waals surface area contributed by atoms with E-state index in [9.17, 15) is 48.3 Å². The van der Waals surface area contributed by atoms with Crippen LogP contribution in [0.25, 0.3) is 0 Å². The van der Waals surface area contributed by atoms with E-state index in [1.165, 1.54) is 26.2 Å². The van der Waals surface area contributed by atoms with Crippen molar-refractivity contribution in [2.24, 2.45) is 23.7 Å². The fraction of sp³-hybridized carbons (Fsp3) is 0.638. The normalized spacial score (nSPS) is 16.4. The Hall–Kier alpha value is -6.65. The van der Waals surface area contributed by atoms with Gasteiger partial charge in [0.25, 0.3) is 0 Å². The molecular weight excluding hydrogens is 1030 g/mol. The van der Waals surface area contributed by atoms with Crippen molar-refractivity contribution in [3.63, 3.8) is 0 Å². The maximum atomic E-state index is 14.3. The molecule has 80 heavy (non-hydrogen) atoms. The summed E-state index contributed by atoms with van der Waals surface area (Å²) in [7, 11) is 5.95. The van der Waals surface area contributed by atoms with Gasteiger partial charge in [0.15, 0.2) is 0 Å². The molecule has 0 saturated carbocycles. The molecule has 22 nitrogen and oxygen atoms in total. The minimum atomic E-state index is -1.17. The number of carbonyl (C=O) groups excluding carboxylic acids is 8. The van der Waals surface area contributed by atoms with Crippen LogP contribution in [0.2, 0.25) is 0 Å². The largest absolute Gasteiger partial charge is 0.480 e. The number of ether oxygens (including phenoxy) is 4. The molecule has 1 aliphatic rings. The van der Waals surface area contributed by atoms with Crippen LogP contribution in [0, 0.1) is 23.7 Å². The number of hydrogen-bond donors (Lipinski definition) is 6. The number of amides is 8. The summed E-state index contributed by atoms with van der Waals surface area (Å²) in [5.41, 5.74) is 1.03. The van der Waals surface area contributed by atoms with Crippen molar-refractivity contribution in [3.8, 4) is 0 Å². The third kappa shape index (κ3) is 20.5. The van der Waals surface area contributed by atoms with Crippen molar-refractivity contribution in [2.75, 3.05) is 59.9 Å². The van der Waals surface area contributed by atoms with E-state index in [4.69, 9.17) is 18.9 Å². The Kier molecular flexibility index (Phi) is 27.5. The van der Waals surface area contributed by atoms with E-state index >= 15 is 0 Å². The second kappa shape index (κ2) is 32.6. The highest BCUT2D eigenvalue weighted by atomic mass is 16.6. The van der Waals surface area contributed by atoms with Gasteiger partial charge in [-0.25, -0.2) is 9.59 Å². The molecule has 0 radical (unpaired) electrons. The van der Waals surface area contributed by atoms with E-state index < -0.39 is 108 Å². The number of aliphatic carboxylic acids is 1. The fourth-order valence-electron chi connectivity index (χ4n) is 10.1. The number of carbonyl (C=O) groups is 9. The molecule has 1 aliphatic heterocycles. The van der Waals surface area contributed by atoms with Crippen LogP contribution < -0.4 is 26.6 Å². The monoisotopic (exact) mass is 1120 g/mol. The summed E-state index contributed by atoms with van der Waals surface area (Å²) in [6.45, 7) is 17.9. The van der Waals surface area contributed by atoms with E-state index in [2.05, 4.69) is 26.6 Å². The number of nitrogens with one attached hydrogen (secondary N) is 5. The Balaban J connectivity index is 1.58. The minimum Gasteiger partial charge on any atom is -0.480 e. The highest BCUT2D eigenvalue weighted by Crippen LogP contribution is 2.30. The van der Waals surface area contributed by atoms with E-state index in [0.717, 1.165) is 10.5 Å². The van der Waals surface area contributed by atoms with Gasteiger partial charge in [0.2, 0.25) is 41.4 Å². The first-order valence-corrected chi connectivity index (χ1v) is 27.6. The fourth-order valence-corrected chi connectivity index (χ4v) is 10.1. The number of hydrogen-bond acceptors (Lipinski definition) is 13.